The van der Waals surface area contributed by atoms with Crippen molar-refractivity contribution in [1.82, 2.24) is 0 Å². The Morgan fingerprint density at radius 3 is 2.85 bits per heavy atom. The van der Waals surface area contributed by atoms with E-state index < -0.39 is 0 Å². The third-order valence-electron chi connectivity index (χ3n) is 1.76. The van der Waals surface area contributed by atoms with Gasteiger partial charge in [0.15, 0.2) is 11.5 Å². The highest BCUT2D eigenvalue weighted by molar-refractivity contribution is 6.32. The lowest BCUT2D eigenvalue weighted by Crippen LogP contribution is -2.16. The number of fused-ring (bicyclic) bond motifs is 1. The van der Waals surface area contributed by atoms with Gasteiger partial charge in [-0.3, -0.25) is 5.84 Å². The summed E-state index contributed by atoms with van der Waals surface area (Å²) in [4.78, 5) is 0. The summed E-state index contributed by atoms with van der Waals surface area (Å²) in [6.07, 6.45) is 0. The molecule has 0 unspecified atom stereocenters. The van der Waals surface area contributed by atoms with Gasteiger partial charge in [0, 0.05) is 6.07 Å². The van der Waals surface area contributed by atoms with Crippen LogP contribution in [-0.2, 0) is 0 Å². The van der Waals surface area contributed by atoms with Crippen molar-refractivity contribution in [2.24, 2.45) is 5.84 Å². The number of halogens is 1. The van der Waals surface area contributed by atoms with Crippen LogP contribution in [0.1, 0.15) is 0 Å². The second-order valence-electron chi connectivity index (χ2n) is 2.63. The molecular weight excluding hydrogens is 192 g/mol. The van der Waals surface area contributed by atoms with E-state index in [1.165, 1.54) is 0 Å². The number of rotatable bonds is 1. The van der Waals surface area contributed by atoms with Gasteiger partial charge in [-0.2, -0.15) is 0 Å². The Bertz CT molecular complexity index is 330. The zero-order valence-corrected chi connectivity index (χ0v) is 7.60. The standard InChI is InChI=1S/C8H9ClN2O2/c9-6-3-5(11-10)4-7-8(6)13-2-1-12-7/h3-4,11H,1-2,10H2. The molecule has 0 spiro atoms. The summed E-state index contributed by atoms with van der Waals surface area (Å²) in [6.45, 7) is 1.07. The molecule has 3 N–H and O–H groups in total. The Kier molecular flexibility index (Phi) is 2.16. The number of benzene rings is 1. The number of nitrogens with two attached hydrogens (primary N) is 1. The van der Waals surface area contributed by atoms with E-state index in [1.807, 2.05) is 0 Å². The number of hydrogen-bond donors (Lipinski definition) is 2. The van der Waals surface area contributed by atoms with Crippen molar-refractivity contribution in [1.29, 1.82) is 0 Å². The molecule has 1 aliphatic rings. The third kappa shape index (κ3) is 1.50. The smallest absolute Gasteiger partial charge is 0.180 e. The zero-order chi connectivity index (χ0) is 9.26. The maximum atomic E-state index is 5.93. The Morgan fingerprint density at radius 2 is 2.08 bits per heavy atom. The average molecular weight is 201 g/mol. The van der Waals surface area contributed by atoms with Crippen molar-refractivity contribution in [3.8, 4) is 11.5 Å². The highest BCUT2D eigenvalue weighted by Gasteiger charge is 2.15. The lowest BCUT2D eigenvalue weighted by Gasteiger charge is -2.20. The van der Waals surface area contributed by atoms with Crippen molar-refractivity contribution in [2.75, 3.05) is 18.6 Å². The molecule has 0 saturated heterocycles. The number of nitrogen functional groups attached to an aromatic ring is 1. The quantitative estimate of drug-likeness (QED) is 0.532. The summed E-state index contributed by atoms with van der Waals surface area (Å²) in [5.41, 5.74) is 3.20. The molecule has 0 amide bonds. The summed E-state index contributed by atoms with van der Waals surface area (Å²) < 4.78 is 10.7. The first-order chi connectivity index (χ1) is 6.31. The summed E-state index contributed by atoms with van der Waals surface area (Å²) in [5, 5.41) is 0.505. The van der Waals surface area contributed by atoms with Crippen LogP contribution in [0.3, 0.4) is 0 Å². The van der Waals surface area contributed by atoms with Gasteiger partial charge in [0.05, 0.1) is 10.7 Å². The van der Waals surface area contributed by atoms with Crippen LogP contribution < -0.4 is 20.7 Å². The van der Waals surface area contributed by atoms with Gasteiger partial charge in [-0.05, 0) is 6.07 Å². The molecule has 5 heteroatoms. The van der Waals surface area contributed by atoms with Crippen molar-refractivity contribution < 1.29 is 9.47 Å². The largest absolute Gasteiger partial charge is 0.486 e. The maximum Gasteiger partial charge on any atom is 0.180 e. The molecule has 0 bridgehead atoms. The first-order valence-electron chi connectivity index (χ1n) is 3.87. The van der Waals surface area contributed by atoms with E-state index in [-0.39, 0.29) is 0 Å². The fraction of sp³-hybridized carbons (Fsp3) is 0.250. The molecule has 1 heterocycles. The monoisotopic (exact) mass is 200 g/mol. The van der Waals surface area contributed by atoms with Crippen molar-refractivity contribution in [2.45, 2.75) is 0 Å². The van der Waals surface area contributed by atoms with Gasteiger partial charge >= 0.3 is 0 Å². The normalized spacial score (nSPS) is 14.0. The molecule has 13 heavy (non-hydrogen) atoms. The van der Waals surface area contributed by atoms with E-state index in [1.54, 1.807) is 12.1 Å². The Morgan fingerprint density at radius 1 is 1.31 bits per heavy atom. The molecule has 0 fully saturated rings. The summed E-state index contributed by atoms with van der Waals surface area (Å²) in [5.74, 6) is 6.47. The number of anilines is 1. The van der Waals surface area contributed by atoms with Crippen LogP contribution in [0.15, 0.2) is 12.1 Å². The highest BCUT2D eigenvalue weighted by atomic mass is 35.5. The minimum absolute atomic E-state index is 0.505. The van der Waals surface area contributed by atoms with Gasteiger partial charge in [-0.1, -0.05) is 11.6 Å². The van der Waals surface area contributed by atoms with E-state index in [0.29, 0.717) is 35.4 Å². The Labute approximate surface area is 80.5 Å². The number of nitrogens with one attached hydrogen (secondary N) is 1. The van der Waals surface area contributed by atoms with Crippen LogP contribution in [0.2, 0.25) is 5.02 Å². The highest BCUT2D eigenvalue weighted by Crippen LogP contribution is 2.39. The van der Waals surface area contributed by atoms with Crippen LogP contribution in [0, 0.1) is 0 Å². The molecule has 0 aliphatic carbocycles. The van der Waals surface area contributed by atoms with Crippen LogP contribution in [-0.4, -0.2) is 13.2 Å². The lowest BCUT2D eigenvalue weighted by atomic mass is 10.2. The third-order valence-corrected chi connectivity index (χ3v) is 2.04. The predicted octanol–water partition coefficient (Wildman–Crippen LogP) is 1.40. The molecule has 70 valence electrons. The number of hydrazine groups is 1. The number of hydrogen-bond acceptors (Lipinski definition) is 4. The van der Waals surface area contributed by atoms with Crippen molar-refractivity contribution in [3.05, 3.63) is 17.2 Å². The van der Waals surface area contributed by atoms with Crippen LogP contribution in [0.4, 0.5) is 5.69 Å². The molecule has 0 radical (unpaired) electrons. The minimum Gasteiger partial charge on any atom is -0.486 e. The minimum atomic E-state index is 0.505. The number of ether oxygens (including phenoxy) is 2. The van der Waals surface area contributed by atoms with E-state index in [4.69, 9.17) is 26.9 Å². The molecule has 1 aromatic carbocycles. The first-order valence-corrected chi connectivity index (χ1v) is 4.25. The van der Waals surface area contributed by atoms with Gasteiger partial charge in [-0.25, -0.2) is 0 Å². The van der Waals surface area contributed by atoms with Gasteiger partial charge in [0.1, 0.15) is 13.2 Å². The fourth-order valence-electron chi connectivity index (χ4n) is 1.19. The van der Waals surface area contributed by atoms with E-state index in [2.05, 4.69) is 5.43 Å². The summed E-state index contributed by atoms with van der Waals surface area (Å²) in [6, 6.07) is 3.44. The summed E-state index contributed by atoms with van der Waals surface area (Å²) >= 11 is 5.93. The second kappa shape index (κ2) is 3.32. The zero-order valence-electron chi connectivity index (χ0n) is 6.84. The van der Waals surface area contributed by atoms with Gasteiger partial charge in [0.25, 0.3) is 0 Å². The van der Waals surface area contributed by atoms with Crippen LogP contribution >= 0.6 is 11.6 Å². The molecule has 0 atom stereocenters. The van der Waals surface area contributed by atoms with Crippen molar-refractivity contribution in [3.63, 3.8) is 0 Å². The molecule has 2 rings (SSSR count). The van der Waals surface area contributed by atoms with Crippen molar-refractivity contribution >= 4 is 17.3 Å². The van der Waals surface area contributed by atoms with E-state index >= 15 is 0 Å². The first kappa shape index (κ1) is 8.47. The molecule has 0 saturated carbocycles. The maximum absolute atomic E-state index is 5.93. The van der Waals surface area contributed by atoms with E-state index in [0.717, 1.165) is 0 Å². The SMILES string of the molecule is NNc1cc(Cl)c2c(c1)OCCO2. The summed E-state index contributed by atoms with van der Waals surface area (Å²) in [7, 11) is 0. The molecule has 0 aromatic heterocycles. The average Bonchev–Trinajstić information content (AvgIpc) is 2.18. The van der Waals surface area contributed by atoms with Crippen LogP contribution in [0.5, 0.6) is 11.5 Å². The molecular formula is C8H9ClN2O2. The predicted molar refractivity (Wildman–Crippen MR) is 50.3 cm³/mol. The second-order valence-corrected chi connectivity index (χ2v) is 3.03. The van der Waals surface area contributed by atoms with Gasteiger partial charge in [0.2, 0.25) is 0 Å². The molecule has 4 nitrogen and oxygen atoms in total. The molecule has 1 aromatic rings. The Balaban J connectivity index is 2.47. The van der Waals surface area contributed by atoms with Crippen LogP contribution in [0.25, 0.3) is 0 Å². The van der Waals surface area contributed by atoms with E-state index in [9.17, 15) is 0 Å². The van der Waals surface area contributed by atoms with Gasteiger partial charge < -0.3 is 14.9 Å². The van der Waals surface area contributed by atoms with Gasteiger partial charge in [-0.15, -0.1) is 0 Å². The lowest BCUT2D eigenvalue weighted by molar-refractivity contribution is 0.172. The Hall–Kier alpha value is -1.13. The fourth-order valence-corrected chi connectivity index (χ4v) is 1.46. The molecule has 1 aliphatic heterocycles. The topological polar surface area (TPSA) is 56.5 Å².